The van der Waals surface area contributed by atoms with Gasteiger partial charge >= 0.3 is 0 Å². The van der Waals surface area contributed by atoms with E-state index in [0.29, 0.717) is 29.2 Å². The van der Waals surface area contributed by atoms with Crippen LogP contribution in [0.25, 0.3) is 5.76 Å². The monoisotopic (exact) mass is 457 g/mol. The summed E-state index contributed by atoms with van der Waals surface area (Å²) in [6, 6.07) is 17.9. The van der Waals surface area contributed by atoms with Gasteiger partial charge in [-0.2, -0.15) is 0 Å². The van der Waals surface area contributed by atoms with E-state index in [2.05, 4.69) is 0 Å². The van der Waals surface area contributed by atoms with E-state index in [4.69, 9.17) is 4.74 Å². The third kappa shape index (κ3) is 4.27. The van der Waals surface area contributed by atoms with Gasteiger partial charge in [0.25, 0.3) is 11.7 Å². The molecule has 6 nitrogen and oxygen atoms in total. The predicted molar refractivity (Wildman–Crippen MR) is 131 cm³/mol. The lowest BCUT2D eigenvalue weighted by atomic mass is 9.94. The minimum absolute atomic E-state index is 0.000556. The van der Waals surface area contributed by atoms with E-state index in [1.807, 2.05) is 39.0 Å². The molecule has 0 radical (unpaired) electrons. The number of Topliss-reactive ketones (excluding diaryl/α,β-unsaturated/α-hetero) is 1. The van der Waals surface area contributed by atoms with Crippen molar-refractivity contribution in [3.05, 3.63) is 94.6 Å². The molecular formula is C28H27NO5. The van der Waals surface area contributed by atoms with Crippen LogP contribution in [0.4, 0.5) is 5.69 Å². The summed E-state index contributed by atoms with van der Waals surface area (Å²) in [5.41, 5.74) is 3.16. The predicted octanol–water partition coefficient (Wildman–Crippen LogP) is 5.42. The van der Waals surface area contributed by atoms with Crippen LogP contribution in [0, 0.1) is 13.8 Å². The summed E-state index contributed by atoms with van der Waals surface area (Å²) in [4.78, 5) is 27.9. The van der Waals surface area contributed by atoms with Gasteiger partial charge < -0.3 is 14.9 Å². The first-order valence-corrected chi connectivity index (χ1v) is 11.2. The molecule has 1 amide bonds. The van der Waals surface area contributed by atoms with Gasteiger partial charge in [0.15, 0.2) is 0 Å². The molecule has 1 saturated heterocycles. The number of aliphatic hydroxyl groups excluding tert-OH is 1. The number of aromatic hydroxyl groups is 1. The summed E-state index contributed by atoms with van der Waals surface area (Å²) in [5.74, 6) is -1.09. The van der Waals surface area contributed by atoms with E-state index in [1.165, 1.54) is 17.0 Å². The van der Waals surface area contributed by atoms with E-state index in [9.17, 15) is 19.8 Å². The van der Waals surface area contributed by atoms with Crippen molar-refractivity contribution in [3.8, 4) is 11.5 Å². The van der Waals surface area contributed by atoms with Crippen LogP contribution in [0.1, 0.15) is 41.6 Å². The molecule has 1 aliphatic rings. The molecule has 34 heavy (non-hydrogen) atoms. The molecule has 0 bridgehead atoms. The Labute approximate surface area is 198 Å². The van der Waals surface area contributed by atoms with Gasteiger partial charge in [-0.15, -0.1) is 0 Å². The highest BCUT2D eigenvalue weighted by Gasteiger charge is 2.47. The minimum Gasteiger partial charge on any atom is -0.508 e. The number of nitrogens with zero attached hydrogens (tertiary/aromatic N) is 1. The zero-order valence-electron chi connectivity index (χ0n) is 19.4. The van der Waals surface area contributed by atoms with Gasteiger partial charge in [-0.25, -0.2) is 0 Å². The maximum atomic E-state index is 13.3. The molecule has 1 unspecified atom stereocenters. The first-order valence-electron chi connectivity index (χ1n) is 11.2. The number of aryl methyl sites for hydroxylation is 2. The number of amides is 1. The zero-order chi connectivity index (χ0) is 24.4. The molecule has 3 aromatic carbocycles. The van der Waals surface area contributed by atoms with Crippen molar-refractivity contribution in [1.82, 2.24) is 0 Å². The van der Waals surface area contributed by atoms with Crippen molar-refractivity contribution in [1.29, 1.82) is 0 Å². The second kappa shape index (κ2) is 9.43. The fraction of sp³-hybridized carbons (Fsp3) is 0.214. The highest BCUT2D eigenvalue weighted by molar-refractivity contribution is 6.51. The Morgan fingerprint density at radius 1 is 1.00 bits per heavy atom. The van der Waals surface area contributed by atoms with Crippen molar-refractivity contribution < 1.29 is 24.5 Å². The van der Waals surface area contributed by atoms with Crippen LogP contribution < -0.4 is 9.64 Å². The number of ketones is 1. The fourth-order valence-corrected chi connectivity index (χ4v) is 4.21. The Hall–Kier alpha value is -4.06. The number of aliphatic hydroxyl groups is 1. The van der Waals surface area contributed by atoms with E-state index in [-0.39, 0.29) is 17.1 Å². The maximum absolute atomic E-state index is 13.3. The molecule has 2 N–H and O–H groups in total. The average Bonchev–Trinajstić information content (AvgIpc) is 3.08. The van der Waals surface area contributed by atoms with Crippen LogP contribution in [0.15, 0.2) is 72.3 Å². The second-order valence-electron chi connectivity index (χ2n) is 8.43. The van der Waals surface area contributed by atoms with Gasteiger partial charge in [0.2, 0.25) is 0 Å². The zero-order valence-corrected chi connectivity index (χ0v) is 19.4. The minimum atomic E-state index is -0.898. The molecule has 6 heteroatoms. The average molecular weight is 458 g/mol. The third-order valence-corrected chi connectivity index (χ3v) is 5.82. The normalized spacial score (nSPS) is 17.3. The number of phenols is 1. The van der Waals surface area contributed by atoms with Gasteiger partial charge in [0.1, 0.15) is 17.3 Å². The lowest BCUT2D eigenvalue weighted by Crippen LogP contribution is -2.29. The Bertz CT molecular complexity index is 1290. The van der Waals surface area contributed by atoms with Crippen molar-refractivity contribution in [2.45, 2.75) is 33.2 Å². The van der Waals surface area contributed by atoms with Gasteiger partial charge in [-0.3, -0.25) is 14.5 Å². The highest BCUT2D eigenvalue weighted by Crippen LogP contribution is 2.43. The first kappa shape index (κ1) is 23.1. The molecule has 1 heterocycles. The van der Waals surface area contributed by atoms with Crippen molar-refractivity contribution in [2.24, 2.45) is 0 Å². The standard InChI is InChI=1S/C28H27NO5/c1-4-13-34-23-12-11-20(15-18(23)3)26(31)24-25(19-8-6-10-22(30)16-19)29(28(33)27(24)32)21-9-5-7-17(2)14-21/h5-12,14-16,25,30-31H,4,13H2,1-3H3/b26-24-. The smallest absolute Gasteiger partial charge is 0.300 e. The van der Waals surface area contributed by atoms with E-state index in [0.717, 1.165) is 17.5 Å². The molecule has 0 aliphatic carbocycles. The van der Waals surface area contributed by atoms with Crippen molar-refractivity contribution in [3.63, 3.8) is 0 Å². The molecule has 174 valence electrons. The summed E-state index contributed by atoms with van der Waals surface area (Å²) >= 11 is 0. The number of carbonyl (C=O) groups excluding carboxylic acids is 2. The number of anilines is 1. The van der Waals surface area contributed by atoms with Crippen LogP contribution in [-0.2, 0) is 9.59 Å². The van der Waals surface area contributed by atoms with Crippen LogP contribution in [0.3, 0.4) is 0 Å². The topological polar surface area (TPSA) is 87.1 Å². The number of rotatable bonds is 6. The molecule has 1 atom stereocenters. The number of benzene rings is 3. The van der Waals surface area contributed by atoms with E-state index in [1.54, 1.807) is 36.4 Å². The Morgan fingerprint density at radius 2 is 1.76 bits per heavy atom. The van der Waals surface area contributed by atoms with Gasteiger partial charge in [-0.1, -0.05) is 31.2 Å². The third-order valence-electron chi connectivity index (χ3n) is 5.82. The SMILES string of the molecule is CCCOc1ccc(/C(O)=C2/C(=O)C(=O)N(c3cccc(C)c3)C2c2cccc(O)c2)cc1C. The molecule has 0 aromatic heterocycles. The molecule has 1 aliphatic heterocycles. The number of phenolic OH excluding ortho intramolecular Hbond substituents is 1. The molecule has 3 aromatic rings. The summed E-state index contributed by atoms with van der Waals surface area (Å²) in [5, 5.41) is 21.4. The van der Waals surface area contributed by atoms with Crippen molar-refractivity contribution in [2.75, 3.05) is 11.5 Å². The first-order chi connectivity index (χ1) is 16.3. The molecule has 1 fully saturated rings. The number of carbonyl (C=O) groups is 2. The second-order valence-corrected chi connectivity index (χ2v) is 8.43. The van der Waals surface area contributed by atoms with Crippen LogP contribution >= 0.6 is 0 Å². The lowest BCUT2D eigenvalue weighted by Gasteiger charge is -2.26. The summed E-state index contributed by atoms with van der Waals surface area (Å²) in [7, 11) is 0. The molecule has 4 rings (SSSR count). The number of hydrogen-bond acceptors (Lipinski definition) is 5. The molecule has 0 spiro atoms. The van der Waals surface area contributed by atoms with Crippen LogP contribution in [0.2, 0.25) is 0 Å². The van der Waals surface area contributed by atoms with Crippen molar-refractivity contribution >= 4 is 23.1 Å². The maximum Gasteiger partial charge on any atom is 0.300 e. The molecular weight excluding hydrogens is 430 g/mol. The number of ether oxygens (including phenoxy) is 1. The highest BCUT2D eigenvalue weighted by atomic mass is 16.5. The Kier molecular flexibility index (Phi) is 6.41. The Balaban J connectivity index is 1.89. The largest absolute Gasteiger partial charge is 0.508 e. The summed E-state index contributed by atoms with van der Waals surface area (Å²) in [6.07, 6.45) is 0.869. The Morgan fingerprint density at radius 3 is 2.44 bits per heavy atom. The van der Waals surface area contributed by atoms with Crippen LogP contribution in [0.5, 0.6) is 11.5 Å². The number of hydrogen-bond donors (Lipinski definition) is 2. The van der Waals surface area contributed by atoms with Crippen LogP contribution in [-0.4, -0.2) is 28.5 Å². The van der Waals surface area contributed by atoms with E-state index < -0.39 is 17.7 Å². The lowest BCUT2D eigenvalue weighted by molar-refractivity contribution is -0.132. The van der Waals surface area contributed by atoms with E-state index >= 15 is 0 Å². The fourth-order valence-electron chi connectivity index (χ4n) is 4.21. The molecule has 0 saturated carbocycles. The van der Waals surface area contributed by atoms with Gasteiger partial charge in [0, 0.05) is 11.3 Å². The summed E-state index contributed by atoms with van der Waals surface area (Å²) in [6.45, 7) is 6.35. The quantitative estimate of drug-likeness (QED) is 0.293. The van der Waals surface area contributed by atoms with Gasteiger partial charge in [0.05, 0.1) is 18.2 Å². The van der Waals surface area contributed by atoms with Gasteiger partial charge in [-0.05, 0) is 79.4 Å². The summed E-state index contributed by atoms with van der Waals surface area (Å²) < 4.78 is 5.72.